The van der Waals surface area contributed by atoms with E-state index in [1.165, 1.54) is 0 Å². The average Bonchev–Trinajstić information content (AvgIpc) is 3.58. The van der Waals surface area contributed by atoms with Crippen molar-refractivity contribution in [2.24, 2.45) is 0 Å². The Morgan fingerprint density at radius 3 is 1.87 bits per heavy atom. The third kappa shape index (κ3) is 7.84. The first kappa shape index (κ1) is 40.0. The molecule has 1 heterocycles. The molecule has 286 valence electrons. The number of carbonyl (C=O) groups is 1. The molecule has 4 aromatic carbocycles. The molecule has 0 saturated carbocycles. The van der Waals surface area contributed by atoms with Gasteiger partial charge < -0.3 is 9.84 Å². The van der Waals surface area contributed by atoms with Crippen LogP contribution in [-0.4, -0.2) is 37.8 Å². The van der Waals surface area contributed by atoms with Crippen LogP contribution < -0.4 is 9.46 Å². The second-order valence-corrected chi connectivity index (χ2v) is 14.0. The number of sulfonamides is 1. The van der Waals surface area contributed by atoms with E-state index >= 15 is 0 Å². The Bertz CT molecular complexity index is 2350. The molecule has 0 saturated heterocycles. The smallest absolute Gasteiger partial charge is 0.426 e. The predicted octanol–water partition coefficient (Wildman–Crippen LogP) is 10.6. The fraction of sp³-hybridized carbons (Fsp3) is 0.176. The number of halogens is 11. The number of alkyl halides is 10. The summed E-state index contributed by atoms with van der Waals surface area (Å²) >= 11 is 0.423. The number of carboxylic acids is 1. The minimum atomic E-state index is -5.28. The Labute approximate surface area is 301 Å². The molecule has 1 aromatic heterocycles. The van der Waals surface area contributed by atoms with Gasteiger partial charge in [-0.05, 0) is 52.9 Å². The molecule has 2 N–H and O–H groups in total. The van der Waals surface area contributed by atoms with E-state index in [2.05, 4.69) is 4.98 Å². The number of rotatable bonds is 9. The number of hydrogen-bond acceptors (Lipinski definition) is 6. The standard InChI is InChI=1S/C34H21F11N2O5S2/c1-31(36,34(43,44)45)19-7-3-16(4-8-19)17-5-9-20(23(11-17)32(37,38)39)18-6-10-21(24(12-18)33(40,41)42)29-46-28(15-53-29)54(50,51)47-26-14-25(35)22(30(48)49)13-27(26)52-2/h3-15,47H,1-2H3,(H,48,49). The van der Waals surface area contributed by atoms with Gasteiger partial charge in [0.1, 0.15) is 16.6 Å². The molecule has 0 fully saturated rings. The molecular weight excluding hydrogens is 789 g/mol. The van der Waals surface area contributed by atoms with Crippen LogP contribution in [0, 0.1) is 5.82 Å². The molecule has 0 spiro atoms. The van der Waals surface area contributed by atoms with Gasteiger partial charge in [0.25, 0.3) is 10.0 Å². The molecule has 5 aromatic rings. The van der Waals surface area contributed by atoms with Crippen LogP contribution in [-0.2, 0) is 28.0 Å². The number of nitrogens with one attached hydrogen (secondary N) is 1. The van der Waals surface area contributed by atoms with Crippen molar-refractivity contribution in [1.29, 1.82) is 0 Å². The summed E-state index contributed by atoms with van der Waals surface area (Å²) in [6, 6.07) is 9.23. The van der Waals surface area contributed by atoms with Crippen LogP contribution >= 0.6 is 11.3 Å². The molecule has 1 atom stereocenters. The molecule has 0 radical (unpaired) electrons. The van der Waals surface area contributed by atoms with Crippen LogP contribution in [0.2, 0.25) is 0 Å². The number of aromatic nitrogens is 1. The summed E-state index contributed by atoms with van der Waals surface area (Å²) in [5.74, 6) is -3.45. The molecule has 0 bridgehead atoms. The van der Waals surface area contributed by atoms with Crippen molar-refractivity contribution < 1.29 is 71.4 Å². The molecule has 1 unspecified atom stereocenters. The summed E-state index contributed by atoms with van der Waals surface area (Å²) < 4.78 is 187. The minimum absolute atomic E-state index is 0.0510. The van der Waals surface area contributed by atoms with E-state index in [1.54, 1.807) is 0 Å². The van der Waals surface area contributed by atoms with Crippen molar-refractivity contribution in [2.45, 2.75) is 36.1 Å². The van der Waals surface area contributed by atoms with Gasteiger partial charge in [-0.3, -0.25) is 4.72 Å². The summed E-state index contributed by atoms with van der Waals surface area (Å²) in [4.78, 5) is 15.0. The zero-order valence-electron chi connectivity index (χ0n) is 27.0. The lowest BCUT2D eigenvalue weighted by Gasteiger charge is -2.24. The van der Waals surface area contributed by atoms with E-state index in [1.807, 2.05) is 4.72 Å². The van der Waals surface area contributed by atoms with Gasteiger partial charge in [0.15, 0.2) is 5.03 Å². The number of nitrogens with zero attached hydrogens (tertiary/aromatic N) is 1. The number of carboxylic acid groups (broad SMARTS) is 1. The van der Waals surface area contributed by atoms with Gasteiger partial charge in [0.05, 0.1) is 29.5 Å². The third-order valence-electron chi connectivity index (χ3n) is 8.01. The second-order valence-electron chi connectivity index (χ2n) is 11.5. The molecule has 7 nitrogen and oxygen atoms in total. The van der Waals surface area contributed by atoms with Crippen molar-refractivity contribution in [2.75, 3.05) is 11.8 Å². The molecular formula is C34H21F11N2O5S2. The Morgan fingerprint density at radius 1 is 0.778 bits per heavy atom. The van der Waals surface area contributed by atoms with Crippen LogP contribution in [0.1, 0.15) is 34.0 Å². The maximum Gasteiger partial charge on any atom is 0.426 e. The average molecular weight is 811 g/mol. The Hall–Kier alpha value is -5.24. The van der Waals surface area contributed by atoms with E-state index in [0.717, 1.165) is 61.0 Å². The van der Waals surface area contributed by atoms with Crippen molar-refractivity contribution in [1.82, 2.24) is 4.98 Å². The highest BCUT2D eigenvalue weighted by atomic mass is 32.2. The maximum absolute atomic E-state index is 14.4. The first-order chi connectivity index (χ1) is 24.8. The SMILES string of the molecule is COc1cc(C(=O)O)c(F)cc1NS(=O)(=O)c1csc(-c2ccc(-c3ccc(-c4ccc(C(C)(F)C(F)(F)F)cc4)cc3C(F)(F)F)cc2C(F)(F)F)n1. The molecule has 0 amide bonds. The predicted molar refractivity (Wildman–Crippen MR) is 174 cm³/mol. The fourth-order valence-electron chi connectivity index (χ4n) is 5.15. The first-order valence-electron chi connectivity index (χ1n) is 14.7. The van der Waals surface area contributed by atoms with Gasteiger partial charge in [-0.2, -0.15) is 47.9 Å². The highest BCUT2D eigenvalue weighted by Crippen LogP contribution is 2.46. The number of aromatic carboxylic acids is 1. The minimum Gasteiger partial charge on any atom is -0.495 e. The zero-order chi connectivity index (χ0) is 40.2. The summed E-state index contributed by atoms with van der Waals surface area (Å²) in [7, 11) is -3.74. The fourth-order valence-corrected chi connectivity index (χ4v) is 7.35. The summed E-state index contributed by atoms with van der Waals surface area (Å²) in [6.45, 7) is 0.277. The lowest BCUT2D eigenvalue weighted by atomic mass is 9.91. The van der Waals surface area contributed by atoms with Crippen LogP contribution in [0.15, 0.2) is 83.2 Å². The number of hydrogen-bond donors (Lipinski definition) is 2. The monoisotopic (exact) mass is 810 g/mol. The van der Waals surface area contributed by atoms with Crippen LogP contribution in [0.5, 0.6) is 5.75 Å². The van der Waals surface area contributed by atoms with Crippen molar-refractivity contribution in [3.05, 3.63) is 106 Å². The number of thiazole rings is 1. The number of anilines is 1. The third-order valence-corrected chi connectivity index (χ3v) is 10.3. The van der Waals surface area contributed by atoms with Gasteiger partial charge in [-0.1, -0.05) is 48.5 Å². The molecule has 0 aliphatic heterocycles. The normalized spacial score (nSPS) is 13.7. The van der Waals surface area contributed by atoms with Crippen molar-refractivity contribution in [3.8, 4) is 38.6 Å². The van der Waals surface area contributed by atoms with Gasteiger partial charge in [-0.15, -0.1) is 11.3 Å². The second kappa shape index (κ2) is 13.9. The van der Waals surface area contributed by atoms with Gasteiger partial charge in [-0.25, -0.2) is 18.6 Å². The highest BCUT2D eigenvalue weighted by molar-refractivity contribution is 7.92. The molecule has 0 aliphatic rings. The Balaban J connectivity index is 1.52. The van der Waals surface area contributed by atoms with Crippen LogP contribution in [0.3, 0.4) is 0 Å². The van der Waals surface area contributed by atoms with Crippen LogP contribution in [0.4, 0.5) is 54.0 Å². The lowest BCUT2D eigenvalue weighted by molar-refractivity contribution is -0.228. The number of ether oxygens (including phenoxy) is 1. The van der Waals surface area contributed by atoms with Gasteiger partial charge in [0, 0.05) is 17.0 Å². The molecule has 20 heteroatoms. The first-order valence-corrected chi connectivity index (χ1v) is 17.1. The Morgan fingerprint density at radius 2 is 1.31 bits per heavy atom. The summed E-state index contributed by atoms with van der Waals surface area (Å²) in [6.07, 6.45) is -15.6. The quantitative estimate of drug-likeness (QED) is 0.144. The largest absolute Gasteiger partial charge is 0.495 e. The van der Waals surface area contributed by atoms with Crippen molar-refractivity contribution >= 4 is 33.0 Å². The lowest BCUT2D eigenvalue weighted by Crippen LogP contribution is -2.34. The van der Waals surface area contributed by atoms with E-state index < -0.39 is 106 Å². The van der Waals surface area contributed by atoms with E-state index in [0.29, 0.717) is 35.6 Å². The molecule has 5 rings (SSSR count). The van der Waals surface area contributed by atoms with E-state index in [-0.39, 0.29) is 18.1 Å². The van der Waals surface area contributed by atoms with E-state index in [4.69, 9.17) is 9.84 Å². The maximum atomic E-state index is 14.4. The number of methoxy groups -OCH3 is 1. The number of benzene rings is 4. The van der Waals surface area contributed by atoms with Gasteiger partial charge in [0.2, 0.25) is 5.67 Å². The molecule has 54 heavy (non-hydrogen) atoms. The van der Waals surface area contributed by atoms with Gasteiger partial charge >= 0.3 is 24.5 Å². The molecule has 0 aliphatic carbocycles. The topological polar surface area (TPSA) is 106 Å². The van der Waals surface area contributed by atoms with Crippen molar-refractivity contribution in [3.63, 3.8) is 0 Å². The Kier molecular flexibility index (Phi) is 10.3. The van der Waals surface area contributed by atoms with Crippen LogP contribution in [0.25, 0.3) is 32.8 Å². The summed E-state index contributed by atoms with van der Waals surface area (Å²) in [5.41, 5.74) is -11.1. The highest BCUT2D eigenvalue weighted by Gasteiger charge is 2.53. The van der Waals surface area contributed by atoms with E-state index in [9.17, 15) is 61.5 Å². The zero-order valence-corrected chi connectivity index (χ0v) is 28.6. The summed E-state index contributed by atoms with van der Waals surface area (Å²) in [5, 5.41) is 8.56.